The van der Waals surface area contributed by atoms with Crippen molar-refractivity contribution in [2.24, 2.45) is 0 Å². The molecule has 0 aliphatic carbocycles. The third kappa shape index (κ3) is 4.57. The minimum atomic E-state index is -0.729. The SMILES string of the molecule is CCC(CC(=O)O)N(C)Cc1cccc(C)c1. The third-order valence-corrected chi connectivity index (χ3v) is 3.02. The molecular weight excluding hydrogens is 214 g/mol. The molecule has 0 bridgehead atoms. The first-order chi connectivity index (χ1) is 8.02. The first-order valence-electron chi connectivity index (χ1n) is 6.00. The second kappa shape index (κ2) is 6.40. The molecule has 3 nitrogen and oxygen atoms in total. The number of carbonyl (C=O) groups is 1. The first kappa shape index (κ1) is 13.7. The minimum absolute atomic E-state index is 0.105. The predicted octanol–water partition coefficient (Wildman–Crippen LogP) is 2.68. The number of hydrogen-bond donors (Lipinski definition) is 1. The van der Waals surface area contributed by atoms with Gasteiger partial charge < -0.3 is 5.11 Å². The lowest BCUT2D eigenvalue weighted by Gasteiger charge is -2.26. The number of hydrogen-bond acceptors (Lipinski definition) is 2. The summed E-state index contributed by atoms with van der Waals surface area (Å²) in [6.07, 6.45) is 1.06. The zero-order chi connectivity index (χ0) is 12.8. The van der Waals surface area contributed by atoms with Gasteiger partial charge in [0.25, 0.3) is 0 Å². The molecule has 94 valence electrons. The van der Waals surface area contributed by atoms with Crippen LogP contribution in [0.2, 0.25) is 0 Å². The molecule has 0 aromatic heterocycles. The minimum Gasteiger partial charge on any atom is -0.481 e. The Bertz CT molecular complexity index is 376. The van der Waals surface area contributed by atoms with E-state index >= 15 is 0 Å². The van der Waals surface area contributed by atoms with E-state index in [-0.39, 0.29) is 12.5 Å². The zero-order valence-corrected chi connectivity index (χ0v) is 10.8. The number of aryl methyl sites for hydroxylation is 1. The van der Waals surface area contributed by atoms with E-state index in [1.165, 1.54) is 11.1 Å². The van der Waals surface area contributed by atoms with E-state index in [0.717, 1.165) is 13.0 Å². The predicted molar refractivity (Wildman–Crippen MR) is 69.0 cm³/mol. The van der Waals surface area contributed by atoms with Crippen LogP contribution >= 0.6 is 0 Å². The Morgan fingerprint density at radius 2 is 2.18 bits per heavy atom. The Kier molecular flexibility index (Phi) is 5.16. The van der Waals surface area contributed by atoms with Crippen molar-refractivity contribution in [3.63, 3.8) is 0 Å². The molecule has 0 aliphatic rings. The van der Waals surface area contributed by atoms with Gasteiger partial charge in [-0.3, -0.25) is 9.69 Å². The fraction of sp³-hybridized carbons (Fsp3) is 0.500. The summed E-state index contributed by atoms with van der Waals surface area (Å²) in [6, 6.07) is 8.43. The monoisotopic (exact) mass is 235 g/mol. The van der Waals surface area contributed by atoms with Crippen molar-refractivity contribution in [3.8, 4) is 0 Å². The molecule has 1 aromatic rings. The number of aliphatic carboxylic acids is 1. The van der Waals surface area contributed by atoms with Crippen LogP contribution in [0.4, 0.5) is 0 Å². The van der Waals surface area contributed by atoms with Gasteiger partial charge in [-0.2, -0.15) is 0 Å². The summed E-state index contributed by atoms with van der Waals surface area (Å²) in [5.74, 6) is -0.729. The van der Waals surface area contributed by atoms with Crippen molar-refractivity contribution in [3.05, 3.63) is 35.4 Å². The average Bonchev–Trinajstić information content (AvgIpc) is 2.25. The van der Waals surface area contributed by atoms with E-state index in [0.29, 0.717) is 0 Å². The van der Waals surface area contributed by atoms with Gasteiger partial charge in [0.15, 0.2) is 0 Å². The van der Waals surface area contributed by atoms with Crippen LogP contribution in [-0.2, 0) is 11.3 Å². The van der Waals surface area contributed by atoms with Gasteiger partial charge in [-0.15, -0.1) is 0 Å². The van der Waals surface area contributed by atoms with Gasteiger partial charge in [0.2, 0.25) is 0 Å². The molecule has 1 aromatic carbocycles. The smallest absolute Gasteiger partial charge is 0.304 e. The van der Waals surface area contributed by atoms with E-state index in [4.69, 9.17) is 5.11 Å². The van der Waals surface area contributed by atoms with Crippen LogP contribution in [0.5, 0.6) is 0 Å². The highest BCUT2D eigenvalue weighted by molar-refractivity contribution is 5.67. The fourth-order valence-electron chi connectivity index (χ4n) is 2.04. The Balaban J connectivity index is 2.63. The maximum atomic E-state index is 10.8. The van der Waals surface area contributed by atoms with Gasteiger partial charge in [0, 0.05) is 12.6 Å². The van der Waals surface area contributed by atoms with Crippen LogP contribution in [-0.4, -0.2) is 29.1 Å². The summed E-state index contributed by atoms with van der Waals surface area (Å²) in [7, 11) is 1.99. The van der Waals surface area contributed by atoms with E-state index in [2.05, 4.69) is 30.0 Å². The van der Waals surface area contributed by atoms with Gasteiger partial charge in [0.1, 0.15) is 0 Å². The normalized spacial score (nSPS) is 12.7. The van der Waals surface area contributed by atoms with Crippen molar-refractivity contribution >= 4 is 5.97 Å². The fourth-order valence-corrected chi connectivity index (χ4v) is 2.04. The van der Waals surface area contributed by atoms with Gasteiger partial charge in [-0.25, -0.2) is 0 Å². The maximum absolute atomic E-state index is 10.8. The Morgan fingerprint density at radius 3 is 2.71 bits per heavy atom. The van der Waals surface area contributed by atoms with Gasteiger partial charge in [-0.05, 0) is 26.0 Å². The summed E-state index contributed by atoms with van der Waals surface area (Å²) in [5, 5.41) is 8.85. The molecule has 0 spiro atoms. The van der Waals surface area contributed by atoms with E-state index in [1.807, 2.05) is 20.0 Å². The molecule has 1 atom stereocenters. The first-order valence-corrected chi connectivity index (χ1v) is 6.00. The molecular formula is C14H21NO2. The van der Waals surface area contributed by atoms with Crippen molar-refractivity contribution in [2.45, 2.75) is 39.3 Å². The van der Waals surface area contributed by atoms with Crippen LogP contribution in [0.25, 0.3) is 0 Å². The van der Waals surface area contributed by atoms with Gasteiger partial charge in [-0.1, -0.05) is 36.8 Å². The number of benzene rings is 1. The second-order valence-corrected chi connectivity index (χ2v) is 4.56. The van der Waals surface area contributed by atoms with Crippen LogP contribution in [0, 0.1) is 6.92 Å². The quantitative estimate of drug-likeness (QED) is 0.824. The third-order valence-electron chi connectivity index (χ3n) is 3.02. The summed E-state index contributed by atoms with van der Waals surface area (Å²) in [5.41, 5.74) is 2.47. The molecule has 17 heavy (non-hydrogen) atoms. The van der Waals surface area contributed by atoms with Gasteiger partial charge >= 0.3 is 5.97 Å². The standard InChI is InChI=1S/C14H21NO2/c1-4-13(9-14(16)17)15(3)10-12-7-5-6-11(2)8-12/h5-8,13H,4,9-10H2,1-3H3,(H,16,17). The highest BCUT2D eigenvalue weighted by Gasteiger charge is 2.16. The van der Waals surface area contributed by atoms with E-state index in [1.54, 1.807) is 0 Å². The molecule has 0 amide bonds. The second-order valence-electron chi connectivity index (χ2n) is 4.56. The van der Waals surface area contributed by atoms with E-state index in [9.17, 15) is 4.79 Å². The summed E-state index contributed by atoms with van der Waals surface area (Å²) in [6.45, 7) is 4.89. The number of nitrogens with zero attached hydrogens (tertiary/aromatic N) is 1. The Hall–Kier alpha value is -1.35. The molecule has 0 radical (unpaired) electrons. The lowest BCUT2D eigenvalue weighted by Crippen LogP contribution is -2.32. The lowest BCUT2D eigenvalue weighted by molar-refractivity contribution is -0.138. The summed E-state index contributed by atoms with van der Waals surface area (Å²) in [4.78, 5) is 12.9. The maximum Gasteiger partial charge on any atom is 0.304 e. The lowest BCUT2D eigenvalue weighted by atomic mass is 10.1. The zero-order valence-electron chi connectivity index (χ0n) is 10.8. The molecule has 1 rings (SSSR count). The van der Waals surface area contributed by atoms with Crippen molar-refractivity contribution < 1.29 is 9.90 Å². The Labute approximate surface area is 103 Å². The van der Waals surface area contributed by atoms with Crippen LogP contribution in [0.1, 0.15) is 30.9 Å². The molecule has 0 saturated carbocycles. The molecule has 3 heteroatoms. The molecule has 0 fully saturated rings. The number of carboxylic acid groups (broad SMARTS) is 1. The molecule has 0 heterocycles. The summed E-state index contributed by atoms with van der Waals surface area (Å²) >= 11 is 0. The van der Waals surface area contributed by atoms with Crippen molar-refractivity contribution in [2.75, 3.05) is 7.05 Å². The van der Waals surface area contributed by atoms with Crippen LogP contribution in [0.15, 0.2) is 24.3 Å². The number of rotatable bonds is 6. The molecule has 0 saturated heterocycles. The molecule has 1 N–H and O–H groups in total. The van der Waals surface area contributed by atoms with Crippen molar-refractivity contribution in [1.29, 1.82) is 0 Å². The Morgan fingerprint density at radius 1 is 1.47 bits per heavy atom. The van der Waals surface area contributed by atoms with Crippen LogP contribution in [0.3, 0.4) is 0 Å². The highest BCUT2D eigenvalue weighted by atomic mass is 16.4. The van der Waals surface area contributed by atoms with Gasteiger partial charge in [0.05, 0.1) is 6.42 Å². The van der Waals surface area contributed by atoms with E-state index < -0.39 is 5.97 Å². The molecule has 1 unspecified atom stereocenters. The highest BCUT2D eigenvalue weighted by Crippen LogP contribution is 2.12. The van der Waals surface area contributed by atoms with Crippen LogP contribution < -0.4 is 0 Å². The average molecular weight is 235 g/mol. The van der Waals surface area contributed by atoms with Crippen molar-refractivity contribution in [1.82, 2.24) is 4.90 Å². The topological polar surface area (TPSA) is 40.5 Å². The summed E-state index contributed by atoms with van der Waals surface area (Å²) < 4.78 is 0. The number of carboxylic acids is 1. The largest absolute Gasteiger partial charge is 0.481 e. The molecule has 0 aliphatic heterocycles.